The van der Waals surface area contributed by atoms with E-state index < -0.39 is 10.0 Å². The Morgan fingerprint density at radius 1 is 1.19 bits per heavy atom. The minimum atomic E-state index is -3.60. The predicted octanol–water partition coefficient (Wildman–Crippen LogP) is 3.43. The number of hydrogen-bond donors (Lipinski definition) is 2. The summed E-state index contributed by atoms with van der Waals surface area (Å²) in [6.07, 6.45) is 4.98. The van der Waals surface area contributed by atoms with Crippen LogP contribution in [-0.4, -0.2) is 26.7 Å². The Labute approximate surface area is 142 Å². The summed E-state index contributed by atoms with van der Waals surface area (Å²) in [5.41, 5.74) is -0.316. The number of hydrogen-bond acceptors (Lipinski definition) is 3. The van der Waals surface area contributed by atoms with E-state index in [1.807, 2.05) is 0 Å². The number of aliphatic hydroxyl groups is 1. The fourth-order valence-electron chi connectivity index (χ4n) is 2.70. The largest absolute Gasteiger partial charge is 0.396 e. The summed E-state index contributed by atoms with van der Waals surface area (Å²) in [7, 11) is -3.60. The normalized spacial score (nSPS) is 18.6. The van der Waals surface area contributed by atoms with E-state index in [9.17, 15) is 13.5 Å². The van der Waals surface area contributed by atoms with Gasteiger partial charge in [-0.15, -0.1) is 0 Å². The van der Waals surface area contributed by atoms with Crippen molar-refractivity contribution >= 4 is 41.9 Å². The molecule has 1 aromatic rings. The second-order valence-corrected chi connectivity index (χ2v) is 9.12. The van der Waals surface area contributed by atoms with Gasteiger partial charge in [0.1, 0.15) is 0 Å². The molecule has 0 atom stereocenters. The topological polar surface area (TPSA) is 66.4 Å². The van der Waals surface area contributed by atoms with Crippen LogP contribution in [0.25, 0.3) is 0 Å². The minimum Gasteiger partial charge on any atom is -0.396 e. The van der Waals surface area contributed by atoms with Gasteiger partial charge in [-0.2, -0.15) is 0 Å². The molecule has 21 heavy (non-hydrogen) atoms. The van der Waals surface area contributed by atoms with Gasteiger partial charge >= 0.3 is 0 Å². The van der Waals surface area contributed by atoms with Crippen molar-refractivity contribution < 1.29 is 13.5 Å². The zero-order chi connectivity index (χ0) is 15.5. The lowest BCUT2D eigenvalue weighted by Crippen LogP contribution is -2.41. The van der Waals surface area contributed by atoms with Crippen molar-refractivity contribution in [3.05, 3.63) is 27.1 Å². The van der Waals surface area contributed by atoms with Gasteiger partial charge in [0.25, 0.3) is 0 Å². The molecule has 0 heterocycles. The first-order valence-corrected chi connectivity index (χ1v) is 10.0. The third-order valence-electron chi connectivity index (χ3n) is 4.07. The van der Waals surface area contributed by atoms with Crippen LogP contribution in [0.3, 0.4) is 0 Å². The highest BCUT2D eigenvalue weighted by Crippen LogP contribution is 2.35. The van der Waals surface area contributed by atoms with Gasteiger partial charge in [-0.05, 0) is 47.0 Å². The summed E-state index contributed by atoms with van der Waals surface area (Å²) in [6, 6.07) is 5.04. The summed E-state index contributed by atoms with van der Waals surface area (Å²) in [5, 5.41) is 9.66. The van der Waals surface area contributed by atoms with E-state index in [1.54, 1.807) is 18.2 Å². The molecule has 7 heteroatoms. The molecule has 0 bridgehead atoms. The number of halogens is 2. The summed E-state index contributed by atoms with van der Waals surface area (Å²) in [4.78, 5) is 0.209. The van der Waals surface area contributed by atoms with Crippen LogP contribution >= 0.6 is 31.9 Å². The van der Waals surface area contributed by atoms with Crippen molar-refractivity contribution in [3.8, 4) is 0 Å². The Balaban J connectivity index is 2.15. The van der Waals surface area contributed by atoms with Crippen LogP contribution in [0.15, 0.2) is 32.0 Å². The summed E-state index contributed by atoms with van der Waals surface area (Å²) in [5.74, 6) is 0. The average Bonchev–Trinajstić information content (AvgIpc) is 2.49. The van der Waals surface area contributed by atoms with Crippen LogP contribution < -0.4 is 4.72 Å². The van der Waals surface area contributed by atoms with Crippen molar-refractivity contribution in [2.45, 2.75) is 37.0 Å². The van der Waals surface area contributed by atoms with Crippen LogP contribution in [-0.2, 0) is 10.0 Å². The maximum Gasteiger partial charge on any atom is 0.241 e. The standard InChI is InChI=1S/C14H19Br2NO3S/c15-11-4-5-12(16)13(8-11)21(19,20)17-9-14(10-18)6-2-1-3-7-14/h4-5,8,17-18H,1-3,6-7,9-10H2. The maximum atomic E-state index is 12.5. The molecule has 0 amide bonds. The first-order valence-electron chi connectivity index (χ1n) is 6.94. The zero-order valence-corrected chi connectivity index (χ0v) is 15.6. The monoisotopic (exact) mass is 439 g/mol. The number of rotatable bonds is 5. The molecule has 0 aromatic heterocycles. The fraction of sp³-hybridized carbons (Fsp3) is 0.571. The molecular formula is C14H19Br2NO3S. The first kappa shape index (κ1) is 17.4. The van der Waals surface area contributed by atoms with E-state index in [2.05, 4.69) is 36.6 Å². The van der Waals surface area contributed by atoms with Crippen LogP contribution in [0.5, 0.6) is 0 Å². The van der Waals surface area contributed by atoms with Gasteiger partial charge in [-0.3, -0.25) is 0 Å². The Bertz CT molecular complexity index is 598. The molecule has 4 nitrogen and oxygen atoms in total. The lowest BCUT2D eigenvalue weighted by Gasteiger charge is -2.35. The van der Waals surface area contributed by atoms with Gasteiger partial charge in [0, 0.05) is 27.5 Å². The molecule has 2 N–H and O–H groups in total. The molecule has 1 aliphatic rings. The molecule has 0 saturated heterocycles. The zero-order valence-electron chi connectivity index (χ0n) is 11.6. The highest BCUT2D eigenvalue weighted by Gasteiger charge is 2.33. The lowest BCUT2D eigenvalue weighted by molar-refractivity contribution is 0.0867. The molecule has 1 saturated carbocycles. The summed E-state index contributed by atoms with van der Waals surface area (Å²) < 4.78 is 28.8. The Kier molecular flexibility index (Phi) is 5.87. The van der Waals surface area contributed by atoms with Gasteiger partial charge in [0.05, 0.1) is 4.90 Å². The van der Waals surface area contributed by atoms with Gasteiger partial charge < -0.3 is 5.11 Å². The predicted molar refractivity (Wildman–Crippen MR) is 89.6 cm³/mol. The molecule has 0 aliphatic heterocycles. The Hall–Kier alpha value is 0.0500. The summed E-state index contributed by atoms with van der Waals surface area (Å²) >= 11 is 6.56. The quantitative estimate of drug-likeness (QED) is 0.736. The van der Waals surface area contributed by atoms with Crippen molar-refractivity contribution in [1.29, 1.82) is 0 Å². The second kappa shape index (κ2) is 7.08. The average molecular weight is 441 g/mol. The molecule has 2 rings (SSSR count). The molecule has 118 valence electrons. The van der Waals surface area contributed by atoms with Crippen LogP contribution in [0.2, 0.25) is 0 Å². The molecule has 0 spiro atoms. The van der Waals surface area contributed by atoms with Crippen molar-refractivity contribution in [1.82, 2.24) is 4.72 Å². The van der Waals surface area contributed by atoms with Crippen LogP contribution in [0, 0.1) is 5.41 Å². The number of nitrogens with one attached hydrogen (secondary N) is 1. The van der Waals surface area contributed by atoms with Crippen LogP contribution in [0.1, 0.15) is 32.1 Å². The van der Waals surface area contributed by atoms with Crippen molar-refractivity contribution in [2.75, 3.05) is 13.2 Å². The van der Waals surface area contributed by atoms with E-state index in [0.29, 0.717) is 8.95 Å². The number of sulfonamides is 1. The third kappa shape index (κ3) is 4.28. The molecule has 1 aromatic carbocycles. The highest BCUT2D eigenvalue weighted by atomic mass is 79.9. The van der Waals surface area contributed by atoms with E-state index in [1.165, 1.54) is 0 Å². The van der Waals surface area contributed by atoms with Gasteiger partial charge in [0.15, 0.2) is 0 Å². The third-order valence-corrected chi connectivity index (χ3v) is 6.96. The number of benzene rings is 1. The van der Waals surface area contributed by atoms with Crippen molar-refractivity contribution in [2.24, 2.45) is 5.41 Å². The molecular weight excluding hydrogens is 422 g/mol. The van der Waals surface area contributed by atoms with Gasteiger partial charge in [-0.25, -0.2) is 13.1 Å². The Morgan fingerprint density at radius 2 is 1.86 bits per heavy atom. The van der Waals surface area contributed by atoms with Crippen LogP contribution in [0.4, 0.5) is 0 Å². The Morgan fingerprint density at radius 3 is 2.48 bits per heavy atom. The summed E-state index contributed by atoms with van der Waals surface area (Å²) in [6.45, 7) is 0.306. The first-order chi connectivity index (χ1) is 9.88. The smallest absolute Gasteiger partial charge is 0.241 e. The highest BCUT2D eigenvalue weighted by molar-refractivity contribution is 9.11. The van der Waals surface area contributed by atoms with Gasteiger partial charge in [0.2, 0.25) is 10.0 Å². The fourth-order valence-corrected chi connectivity index (χ4v) is 5.36. The van der Waals surface area contributed by atoms with E-state index in [4.69, 9.17) is 0 Å². The molecule has 0 unspecified atom stereocenters. The molecule has 0 radical (unpaired) electrons. The maximum absolute atomic E-state index is 12.5. The second-order valence-electron chi connectivity index (χ2n) is 5.62. The SMILES string of the molecule is O=S(=O)(NCC1(CO)CCCCC1)c1cc(Br)ccc1Br. The molecule has 1 aliphatic carbocycles. The number of aliphatic hydroxyl groups excluding tert-OH is 1. The minimum absolute atomic E-state index is 0.0230. The van der Waals surface area contributed by atoms with E-state index in [0.717, 1.165) is 32.1 Å². The molecule has 1 fully saturated rings. The van der Waals surface area contributed by atoms with E-state index in [-0.39, 0.29) is 23.5 Å². The van der Waals surface area contributed by atoms with Crippen molar-refractivity contribution in [3.63, 3.8) is 0 Å². The van der Waals surface area contributed by atoms with Gasteiger partial charge in [-0.1, -0.05) is 35.2 Å². The van der Waals surface area contributed by atoms with E-state index >= 15 is 0 Å². The lowest BCUT2D eigenvalue weighted by atomic mass is 9.75.